The number of nitrogens with one attached hydrogen (secondary N) is 2. The number of phenolic OH excluding ortho intramolecular Hbond substituents is 1. The molecule has 0 bridgehead atoms. The number of ether oxygens (including phenoxy) is 1. The minimum Gasteiger partial charge on any atom is -0.507 e. The number of H-pyrrole nitrogens is 1. The summed E-state index contributed by atoms with van der Waals surface area (Å²) in [5.74, 6) is 0.424. The molecule has 144 valence electrons. The third-order valence-electron chi connectivity index (χ3n) is 3.80. The van der Waals surface area contributed by atoms with Gasteiger partial charge in [0.1, 0.15) is 17.2 Å². The van der Waals surface area contributed by atoms with E-state index in [0.29, 0.717) is 17.9 Å². The van der Waals surface area contributed by atoms with Crippen LogP contribution in [-0.4, -0.2) is 34.0 Å². The number of hydrogen-bond acceptors (Lipinski definition) is 5. The molecule has 0 saturated carbocycles. The van der Waals surface area contributed by atoms with Crippen molar-refractivity contribution in [2.45, 2.75) is 13.3 Å². The second kappa shape index (κ2) is 9.18. The second-order valence-corrected chi connectivity index (χ2v) is 6.86. The van der Waals surface area contributed by atoms with Gasteiger partial charge in [0, 0.05) is 15.6 Å². The van der Waals surface area contributed by atoms with E-state index in [0.717, 1.165) is 22.2 Å². The molecule has 1 amide bonds. The van der Waals surface area contributed by atoms with Gasteiger partial charge in [-0.25, -0.2) is 5.43 Å². The molecule has 0 atom stereocenters. The lowest BCUT2D eigenvalue weighted by molar-refractivity contribution is 0.0950. The van der Waals surface area contributed by atoms with Gasteiger partial charge in [-0.15, -0.1) is 0 Å². The summed E-state index contributed by atoms with van der Waals surface area (Å²) in [4.78, 5) is 12.2. The standard InChI is InChI=1S/C20H19BrN4O3/c1-2-9-28-16-6-3-13(4-7-16)17-11-18(24-23-17)20(27)25-22-12-14-10-15(21)5-8-19(14)26/h3-8,10-12,26H,2,9H2,1H3,(H,23,24)(H,25,27)/b22-12+. The second-order valence-electron chi connectivity index (χ2n) is 5.94. The molecule has 3 aromatic rings. The molecule has 8 heteroatoms. The zero-order chi connectivity index (χ0) is 19.9. The SMILES string of the molecule is CCCOc1ccc(-c2cc(C(=O)N/N=C/c3cc(Br)ccc3O)[nH]n2)cc1. The van der Waals surface area contributed by atoms with Crippen molar-refractivity contribution in [1.82, 2.24) is 15.6 Å². The van der Waals surface area contributed by atoms with E-state index in [9.17, 15) is 9.90 Å². The zero-order valence-corrected chi connectivity index (χ0v) is 16.7. The Morgan fingerprint density at radius 2 is 2.07 bits per heavy atom. The van der Waals surface area contributed by atoms with E-state index in [1.165, 1.54) is 12.3 Å². The highest BCUT2D eigenvalue weighted by Crippen LogP contribution is 2.22. The first-order valence-electron chi connectivity index (χ1n) is 8.67. The lowest BCUT2D eigenvalue weighted by atomic mass is 10.1. The first-order valence-corrected chi connectivity index (χ1v) is 9.46. The van der Waals surface area contributed by atoms with Crippen LogP contribution in [-0.2, 0) is 0 Å². The Morgan fingerprint density at radius 1 is 1.29 bits per heavy atom. The number of carbonyl (C=O) groups excluding carboxylic acids is 1. The van der Waals surface area contributed by atoms with Gasteiger partial charge in [0.2, 0.25) is 0 Å². The third kappa shape index (κ3) is 4.98. The third-order valence-corrected chi connectivity index (χ3v) is 4.30. The van der Waals surface area contributed by atoms with Gasteiger partial charge in [-0.2, -0.15) is 10.2 Å². The lowest BCUT2D eigenvalue weighted by Crippen LogP contribution is -2.18. The number of benzene rings is 2. The van der Waals surface area contributed by atoms with Crippen molar-refractivity contribution in [2.24, 2.45) is 5.10 Å². The molecular weight excluding hydrogens is 424 g/mol. The molecule has 1 aromatic heterocycles. The summed E-state index contributed by atoms with van der Waals surface area (Å²) >= 11 is 3.31. The molecule has 0 aliphatic carbocycles. The molecule has 3 N–H and O–H groups in total. The molecular formula is C20H19BrN4O3. The number of hydrogen-bond donors (Lipinski definition) is 3. The summed E-state index contributed by atoms with van der Waals surface area (Å²) in [5, 5.41) is 20.5. The number of hydrazone groups is 1. The fraction of sp³-hybridized carbons (Fsp3) is 0.150. The van der Waals surface area contributed by atoms with E-state index < -0.39 is 5.91 Å². The number of aromatic amines is 1. The highest BCUT2D eigenvalue weighted by Gasteiger charge is 2.10. The molecule has 3 rings (SSSR count). The van der Waals surface area contributed by atoms with E-state index in [-0.39, 0.29) is 11.4 Å². The normalized spacial score (nSPS) is 10.9. The molecule has 0 aliphatic rings. The monoisotopic (exact) mass is 442 g/mol. The average molecular weight is 443 g/mol. The van der Waals surface area contributed by atoms with Gasteiger partial charge in [0.05, 0.1) is 18.5 Å². The Hall–Kier alpha value is -3.13. The predicted octanol–water partition coefficient (Wildman–Crippen LogP) is 4.10. The van der Waals surface area contributed by atoms with Crippen LogP contribution in [0.4, 0.5) is 0 Å². The minimum atomic E-state index is -0.438. The van der Waals surface area contributed by atoms with Crippen molar-refractivity contribution in [3.63, 3.8) is 0 Å². The van der Waals surface area contributed by atoms with E-state index >= 15 is 0 Å². The van der Waals surface area contributed by atoms with Gasteiger partial charge < -0.3 is 9.84 Å². The van der Waals surface area contributed by atoms with Gasteiger partial charge in [-0.1, -0.05) is 22.9 Å². The number of carbonyl (C=O) groups is 1. The van der Waals surface area contributed by atoms with Crippen LogP contribution in [0.5, 0.6) is 11.5 Å². The highest BCUT2D eigenvalue weighted by atomic mass is 79.9. The average Bonchev–Trinajstić information content (AvgIpc) is 3.19. The van der Waals surface area contributed by atoms with Gasteiger partial charge in [-0.05, 0) is 55.0 Å². The van der Waals surface area contributed by atoms with Crippen LogP contribution < -0.4 is 10.2 Å². The van der Waals surface area contributed by atoms with Crippen LogP contribution in [0, 0.1) is 0 Å². The molecule has 0 aliphatic heterocycles. The number of aromatic hydroxyl groups is 1. The van der Waals surface area contributed by atoms with Gasteiger partial charge in [0.15, 0.2) is 0 Å². The molecule has 0 spiro atoms. The van der Waals surface area contributed by atoms with Crippen LogP contribution in [0.25, 0.3) is 11.3 Å². The first-order chi connectivity index (χ1) is 13.6. The van der Waals surface area contributed by atoms with Crippen LogP contribution in [0.1, 0.15) is 29.4 Å². The smallest absolute Gasteiger partial charge is 0.289 e. The molecule has 1 heterocycles. The number of halogens is 1. The number of aromatic nitrogens is 2. The maximum atomic E-state index is 12.2. The van der Waals surface area contributed by atoms with Gasteiger partial charge >= 0.3 is 0 Å². The van der Waals surface area contributed by atoms with Crippen LogP contribution in [0.15, 0.2) is 58.1 Å². The van der Waals surface area contributed by atoms with Crippen molar-refractivity contribution in [3.8, 4) is 22.8 Å². The fourth-order valence-electron chi connectivity index (χ4n) is 2.38. The summed E-state index contributed by atoms with van der Waals surface area (Å²) in [6.07, 6.45) is 2.31. The van der Waals surface area contributed by atoms with Crippen LogP contribution in [0.2, 0.25) is 0 Å². The molecule has 0 fully saturated rings. The lowest BCUT2D eigenvalue weighted by Gasteiger charge is -2.04. The van der Waals surface area contributed by atoms with Crippen LogP contribution in [0.3, 0.4) is 0 Å². The number of phenols is 1. The Labute approximate surface area is 170 Å². The van der Waals surface area contributed by atoms with Crippen LogP contribution >= 0.6 is 15.9 Å². The van der Waals surface area contributed by atoms with E-state index in [2.05, 4.69) is 43.6 Å². The van der Waals surface area contributed by atoms with Crippen molar-refractivity contribution in [1.29, 1.82) is 0 Å². The predicted molar refractivity (Wildman–Crippen MR) is 111 cm³/mol. The Balaban J connectivity index is 1.63. The zero-order valence-electron chi connectivity index (χ0n) is 15.1. The van der Waals surface area contributed by atoms with Crippen molar-refractivity contribution in [3.05, 3.63) is 64.3 Å². The fourth-order valence-corrected chi connectivity index (χ4v) is 2.76. The van der Waals surface area contributed by atoms with E-state index in [4.69, 9.17) is 4.74 Å². The molecule has 0 radical (unpaired) electrons. The molecule has 0 saturated heterocycles. The number of amides is 1. The molecule has 7 nitrogen and oxygen atoms in total. The summed E-state index contributed by atoms with van der Waals surface area (Å²) in [5.41, 5.74) is 4.66. The maximum absolute atomic E-state index is 12.2. The summed E-state index contributed by atoms with van der Waals surface area (Å²) in [6.45, 7) is 2.72. The first kappa shape index (κ1) is 19.6. The van der Waals surface area contributed by atoms with Crippen molar-refractivity contribution in [2.75, 3.05) is 6.61 Å². The Morgan fingerprint density at radius 3 is 2.82 bits per heavy atom. The van der Waals surface area contributed by atoms with E-state index in [1.807, 2.05) is 24.3 Å². The summed E-state index contributed by atoms with van der Waals surface area (Å²) in [6, 6.07) is 14.1. The Bertz CT molecular complexity index is 983. The quantitative estimate of drug-likeness (QED) is 0.378. The van der Waals surface area contributed by atoms with Crippen molar-refractivity contribution < 1.29 is 14.6 Å². The molecule has 2 aromatic carbocycles. The molecule has 28 heavy (non-hydrogen) atoms. The van der Waals surface area contributed by atoms with Gasteiger partial charge in [0.25, 0.3) is 5.91 Å². The highest BCUT2D eigenvalue weighted by molar-refractivity contribution is 9.10. The summed E-state index contributed by atoms with van der Waals surface area (Å²) in [7, 11) is 0. The minimum absolute atomic E-state index is 0.0661. The van der Waals surface area contributed by atoms with E-state index in [1.54, 1.807) is 18.2 Å². The maximum Gasteiger partial charge on any atom is 0.289 e. The van der Waals surface area contributed by atoms with Crippen molar-refractivity contribution >= 4 is 28.1 Å². The topological polar surface area (TPSA) is 99.6 Å². The molecule has 0 unspecified atom stereocenters. The number of nitrogens with zero attached hydrogens (tertiary/aromatic N) is 2. The largest absolute Gasteiger partial charge is 0.507 e. The Kier molecular flexibility index (Phi) is 6.44. The van der Waals surface area contributed by atoms with Gasteiger partial charge in [-0.3, -0.25) is 9.89 Å². The summed E-state index contributed by atoms with van der Waals surface area (Å²) < 4.78 is 6.35. The number of rotatable bonds is 7.